The highest BCUT2D eigenvalue weighted by molar-refractivity contribution is 6.03. The van der Waals surface area contributed by atoms with Crippen LogP contribution in [0.3, 0.4) is 0 Å². The maximum absolute atomic E-state index is 12.9. The van der Waals surface area contributed by atoms with E-state index in [0.717, 1.165) is 6.20 Å². The summed E-state index contributed by atoms with van der Waals surface area (Å²) in [5, 5.41) is 2.56. The zero-order chi connectivity index (χ0) is 16.3. The molecule has 0 aliphatic heterocycles. The second-order valence-electron chi connectivity index (χ2n) is 4.98. The number of carbonyl (C=O) groups is 1. The molecule has 0 aliphatic carbocycles. The van der Waals surface area contributed by atoms with Crippen molar-refractivity contribution in [1.82, 2.24) is 9.55 Å². The van der Waals surface area contributed by atoms with Crippen LogP contribution in [0.15, 0.2) is 30.5 Å². The summed E-state index contributed by atoms with van der Waals surface area (Å²) in [6, 6.07) is 6.69. The number of rotatable bonds is 5. The Labute approximate surface area is 126 Å². The minimum atomic E-state index is -2.81. The highest BCUT2D eigenvalue weighted by Gasteiger charge is 2.20. The molecule has 5 nitrogen and oxygen atoms in total. The van der Waals surface area contributed by atoms with Crippen LogP contribution in [0.2, 0.25) is 0 Å². The van der Waals surface area contributed by atoms with Gasteiger partial charge in [-0.25, -0.2) is 4.98 Å². The SMILES string of the molecule is Cc1ncc(C(=O)Nc2ccc(OC(C)C)cc2)n1C(F)F. The lowest BCUT2D eigenvalue weighted by Gasteiger charge is -2.11. The molecule has 1 aromatic heterocycles. The van der Waals surface area contributed by atoms with Gasteiger partial charge in [0.05, 0.1) is 12.3 Å². The van der Waals surface area contributed by atoms with Crippen LogP contribution in [0.4, 0.5) is 14.5 Å². The van der Waals surface area contributed by atoms with Crippen molar-refractivity contribution in [2.24, 2.45) is 0 Å². The number of aromatic nitrogens is 2. The van der Waals surface area contributed by atoms with Crippen molar-refractivity contribution >= 4 is 11.6 Å². The Kier molecular flexibility index (Phi) is 4.75. The highest BCUT2D eigenvalue weighted by atomic mass is 19.3. The van der Waals surface area contributed by atoms with Gasteiger partial charge in [-0.2, -0.15) is 8.78 Å². The van der Waals surface area contributed by atoms with Crippen molar-refractivity contribution < 1.29 is 18.3 Å². The van der Waals surface area contributed by atoms with Crippen molar-refractivity contribution in [3.8, 4) is 5.75 Å². The third kappa shape index (κ3) is 3.60. The predicted octanol–water partition coefficient (Wildman–Crippen LogP) is 3.63. The molecular formula is C15H17F2N3O2. The van der Waals surface area contributed by atoms with Crippen LogP contribution in [-0.4, -0.2) is 21.6 Å². The van der Waals surface area contributed by atoms with Crippen molar-refractivity contribution in [3.05, 3.63) is 42.0 Å². The maximum Gasteiger partial charge on any atom is 0.320 e. The molecule has 0 unspecified atom stereocenters. The maximum atomic E-state index is 12.9. The van der Waals surface area contributed by atoms with E-state index in [0.29, 0.717) is 16.0 Å². The Balaban J connectivity index is 2.12. The van der Waals surface area contributed by atoms with Crippen molar-refractivity contribution in [3.63, 3.8) is 0 Å². The summed E-state index contributed by atoms with van der Waals surface area (Å²) in [6.07, 6.45) is 1.18. The van der Waals surface area contributed by atoms with Crippen molar-refractivity contribution in [1.29, 1.82) is 0 Å². The van der Waals surface area contributed by atoms with E-state index in [4.69, 9.17) is 4.74 Å². The summed E-state index contributed by atoms with van der Waals surface area (Å²) in [6.45, 7) is 2.42. The Morgan fingerprint density at radius 1 is 1.27 bits per heavy atom. The fourth-order valence-electron chi connectivity index (χ4n) is 1.95. The van der Waals surface area contributed by atoms with Gasteiger partial charge in [-0.3, -0.25) is 9.36 Å². The van der Waals surface area contributed by atoms with Crippen LogP contribution in [0.1, 0.15) is 36.7 Å². The second kappa shape index (κ2) is 6.55. The number of alkyl halides is 2. The van der Waals surface area contributed by atoms with E-state index in [1.54, 1.807) is 24.3 Å². The molecule has 7 heteroatoms. The number of hydrogen-bond donors (Lipinski definition) is 1. The molecule has 22 heavy (non-hydrogen) atoms. The quantitative estimate of drug-likeness (QED) is 0.917. The highest BCUT2D eigenvalue weighted by Crippen LogP contribution is 2.20. The van der Waals surface area contributed by atoms with Gasteiger partial charge < -0.3 is 10.1 Å². The smallest absolute Gasteiger partial charge is 0.320 e. The van der Waals surface area contributed by atoms with Crippen LogP contribution in [-0.2, 0) is 0 Å². The zero-order valence-corrected chi connectivity index (χ0v) is 12.5. The van der Waals surface area contributed by atoms with E-state index in [2.05, 4.69) is 10.3 Å². The van der Waals surface area contributed by atoms with E-state index in [-0.39, 0.29) is 17.6 Å². The number of carbonyl (C=O) groups excluding carboxylic acids is 1. The monoisotopic (exact) mass is 309 g/mol. The molecule has 0 aliphatic rings. The molecule has 1 aromatic carbocycles. The topological polar surface area (TPSA) is 56.1 Å². The van der Waals surface area contributed by atoms with E-state index in [1.165, 1.54) is 6.92 Å². The first kappa shape index (κ1) is 15.9. The molecule has 0 spiro atoms. The largest absolute Gasteiger partial charge is 0.491 e. The molecule has 1 amide bonds. The lowest BCUT2D eigenvalue weighted by molar-refractivity contribution is 0.0627. The van der Waals surface area contributed by atoms with Gasteiger partial charge in [0, 0.05) is 5.69 Å². The van der Waals surface area contributed by atoms with Gasteiger partial charge in [-0.15, -0.1) is 0 Å². The molecule has 0 bridgehead atoms. The Morgan fingerprint density at radius 3 is 2.45 bits per heavy atom. The summed E-state index contributed by atoms with van der Waals surface area (Å²) in [5.41, 5.74) is 0.302. The standard InChI is InChI=1S/C15H17F2N3O2/c1-9(2)22-12-6-4-11(5-7-12)19-14(21)13-8-18-10(3)20(13)15(16)17/h4-9,15H,1-3H3,(H,19,21). The Morgan fingerprint density at radius 2 is 1.91 bits per heavy atom. The number of ether oxygens (including phenoxy) is 1. The van der Waals surface area contributed by atoms with Gasteiger partial charge in [0.2, 0.25) is 0 Å². The predicted molar refractivity (Wildman–Crippen MR) is 78.4 cm³/mol. The fraction of sp³-hybridized carbons (Fsp3) is 0.333. The number of aryl methyl sites for hydroxylation is 1. The fourth-order valence-corrected chi connectivity index (χ4v) is 1.95. The normalized spacial score (nSPS) is 11.0. The summed E-state index contributed by atoms with van der Waals surface area (Å²) in [7, 11) is 0. The number of hydrogen-bond acceptors (Lipinski definition) is 3. The number of nitrogens with one attached hydrogen (secondary N) is 1. The molecule has 118 valence electrons. The van der Waals surface area contributed by atoms with Crippen LogP contribution >= 0.6 is 0 Å². The molecule has 1 heterocycles. The molecular weight excluding hydrogens is 292 g/mol. The van der Waals surface area contributed by atoms with Crippen LogP contribution in [0.5, 0.6) is 5.75 Å². The molecule has 0 saturated heterocycles. The van der Waals surface area contributed by atoms with Gasteiger partial charge in [0.15, 0.2) is 0 Å². The lowest BCUT2D eigenvalue weighted by Crippen LogP contribution is -2.18. The van der Waals surface area contributed by atoms with Crippen LogP contribution in [0.25, 0.3) is 0 Å². The number of halogens is 2. The second-order valence-corrected chi connectivity index (χ2v) is 4.98. The molecule has 0 saturated carbocycles. The number of nitrogens with zero attached hydrogens (tertiary/aromatic N) is 2. The molecule has 1 N–H and O–H groups in total. The minimum Gasteiger partial charge on any atom is -0.491 e. The van der Waals surface area contributed by atoms with E-state index >= 15 is 0 Å². The number of benzene rings is 1. The van der Waals surface area contributed by atoms with E-state index in [9.17, 15) is 13.6 Å². The molecule has 2 rings (SSSR count). The van der Waals surface area contributed by atoms with Crippen LogP contribution in [0, 0.1) is 6.92 Å². The average Bonchev–Trinajstić information content (AvgIpc) is 2.82. The lowest BCUT2D eigenvalue weighted by atomic mass is 10.3. The van der Waals surface area contributed by atoms with Gasteiger partial charge >= 0.3 is 6.55 Å². The minimum absolute atomic E-state index is 0.0452. The van der Waals surface area contributed by atoms with Crippen molar-refractivity contribution in [2.75, 3.05) is 5.32 Å². The number of anilines is 1. The van der Waals surface area contributed by atoms with Gasteiger partial charge in [0.1, 0.15) is 17.3 Å². The summed E-state index contributed by atoms with van der Waals surface area (Å²) in [4.78, 5) is 15.8. The molecule has 0 radical (unpaired) electrons. The van der Waals surface area contributed by atoms with E-state index < -0.39 is 12.5 Å². The van der Waals surface area contributed by atoms with Gasteiger partial charge in [-0.05, 0) is 45.0 Å². The first-order chi connectivity index (χ1) is 10.4. The van der Waals surface area contributed by atoms with E-state index in [1.807, 2.05) is 13.8 Å². The first-order valence-corrected chi connectivity index (χ1v) is 6.78. The van der Waals surface area contributed by atoms with Gasteiger partial charge in [-0.1, -0.05) is 0 Å². The third-order valence-corrected chi connectivity index (χ3v) is 2.89. The van der Waals surface area contributed by atoms with Crippen molar-refractivity contribution in [2.45, 2.75) is 33.4 Å². The Bertz CT molecular complexity index is 651. The summed E-state index contributed by atoms with van der Waals surface area (Å²) >= 11 is 0. The molecule has 0 atom stereocenters. The third-order valence-electron chi connectivity index (χ3n) is 2.89. The van der Waals surface area contributed by atoms with Gasteiger partial charge in [0.25, 0.3) is 5.91 Å². The summed E-state index contributed by atoms with van der Waals surface area (Å²) in [5.74, 6) is 0.112. The van der Waals surface area contributed by atoms with Crippen LogP contribution < -0.4 is 10.1 Å². The first-order valence-electron chi connectivity index (χ1n) is 6.78. The number of amides is 1. The number of imidazole rings is 1. The average molecular weight is 309 g/mol. The Hall–Kier alpha value is -2.44. The zero-order valence-electron chi connectivity index (χ0n) is 12.5. The summed E-state index contributed by atoms with van der Waals surface area (Å²) < 4.78 is 31.9. The molecule has 2 aromatic rings. The molecule has 0 fully saturated rings.